The molecule has 2 rings (SSSR count). The highest BCUT2D eigenvalue weighted by Gasteiger charge is 2.22. The molecule has 0 aliphatic rings. The second-order valence-corrected chi connectivity index (χ2v) is 5.05. The predicted molar refractivity (Wildman–Crippen MR) is 76.5 cm³/mol. The molecule has 0 aromatic heterocycles. The van der Waals surface area contributed by atoms with Crippen molar-refractivity contribution < 1.29 is 14.0 Å². The fourth-order valence-electron chi connectivity index (χ4n) is 1.66. The Labute approximate surface area is 129 Å². The molecule has 0 bridgehead atoms. The van der Waals surface area contributed by atoms with Crippen LogP contribution >= 0.6 is 34.8 Å². The fourth-order valence-corrected chi connectivity index (χ4v) is 2.31. The van der Waals surface area contributed by atoms with Crippen LogP contribution in [0, 0.1) is 5.82 Å². The molecule has 2 aromatic rings. The van der Waals surface area contributed by atoms with Gasteiger partial charge in [-0.05, 0) is 48.0 Å². The first-order chi connectivity index (χ1) is 9.41. The van der Waals surface area contributed by atoms with Crippen molar-refractivity contribution in [3.05, 3.63) is 69.0 Å². The van der Waals surface area contributed by atoms with Crippen molar-refractivity contribution in [3.8, 4) is 0 Å². The second kappa shape index (κ2) is 5.92. The molecular weight excluding hydrogens is 326 g/mol. The van der Waals surface area contributed by atoms with Gasteiger partial charge in [-0.2, -0.15) is 0 Å². The standard InChI is InChI=1S/C14H6Cl3FO2/c15-8-3-1-7(2-4-8)13(19)11-10(18)6-5-9(12(11)16)14(17)20/h1-6H. The number of carbonyl (C=O) groups excluding carboxylic acids is 2. The molecule has 6 heteroatoms. The van der Waals surface area contributed by atoms with Crippen LogP contribution in [0.25, 0.3) is 0 Å². The highest BCUT2D eigenvalue weighted by atomic mass is 35.5. The molecule has 2 aromatic carbocycles. The van der Waals surface area contributed by atoms with E-state index in [4.69, 9.17) is 34.8 Å². The van der Waals surface area contributed by atoms with Gasteiger partial charge in [-0.3, -0.25) is 9.59 Å². The SMILES string of the molecule is O=C(Cl)c1ccc(F)c(C(=O)c2ccc(Cl)cc2)c1Cl. The maximum atomic E-state index is 13.8. The third kappa shape index (κ3) is 2.85. The lowest BCUT2D eigenvalue weighted by atomic mass is 10.0. The zero-order chi connectivity index (χ0) is 14.9. The van der Waals surface area contributed by atoms with E-state index in [9.17, 15) is 14.0 Å². The molecule has 0 amide bonds. The lowest BCUT2D eigenvalue weighted by Crippen LogP contribution is -2.08. The van der Waals surface area contributed by atoms with Gasteiger partial charge in [0.1, 0.15) is 5.82 Å². The first-order valence-corrected chi connectivity index (χ1v) is 6.53. The molecule has 0 fully saturated rings. The summed E-state index contributed by atoms with van der Waals surface area (Å²) >= 11 is 16.9. The molecular formula is C14H6Cl3FO2. The van der Waals surface area contributed by atoms with Crippen molar-refractivity contribution >= 4 is 45.8 Å². The quantitative estimate of drug-likeness (QED) is 0.601. The van der Waals surface area contributed by atoms with Gasteiger partial charge in [0.25, 0.3) is 5.24 Å². The normalized spacial score (nSPS) is 10.4. The molecule has 0 unspecified atom stereocenters. The lowest BCUT2D eigenvalue weighted by molar-refractivity contribution is 0.103. The third-order valence-electron chi connectivity index (χ3n) is 2.64. The van der Waals surface area contributed by atoms with E-state index in [2.05, 4.69) is 0 Å². The highest BCUT2D eigenvalue weighted by molar-refractivity contribution is 6.69. The number of hydrogen-bond acceptors (Lipinski definition) is 2. The van der Waals surface area contributed by atoms with Crippen molar-refractivity contribution in [1.29, 1.82) is 0 Å². The Kier molecular flexibility index (Phi) is 4.43. The molecule has 0 N–H and O–H groups in total. The highest BCUT2D eigenvalue weighted by Crippen LogP contribution is 2.28. The minimum absolute atomic E-state index is 0.118. The number of benzene rings is 2. The number of carbonyl (C=O) groups is 2. The summed E-state index contributed by atoms with van der Waals surface area (Å²) in [4.78, 5) is 23.4. The Morgan fingerprint density at radius 2 is 1.55 bits per heavy atom. The summed E-state index contributed by atoms with van der Waals surface area (Å²) < 4.78 is 13.8. The number of halogens is 4. The van der Waals surface area contributed by atoms with Crippen LogP contribution in [0.3, 0.4) is 0 Å². The molecule has 0 radical (unpaired) electrons. The summed E-state index contributed by atoms with van der Waals surface area (Å²) in [5, 5.41) is -0.720. The average molecular weight is 332 g/mol. The van der Waals surface area contributed by atoms with Gasteiger partial charge in [0.15, 0.2) is 5.78 Å². The molecule has 0 atom stereocenters. The van der Waals surface area contributed by atoms with Crippen LogP contribution in [0.1, 0.15) is 26.3 Å². The summed E-state index contributed by atoms with van der Waals surface area (Å²) in [7, 11) is 0. The topological polar surface area (TPSA) is 34.1 Å². The van der Waals surface area contributed by atoms with Crippen molar-refractivity contribution in [2.45, 2.75) is 0 Å². The zero-order valence-corrected chi connectivity index (χ0v) is 12.1. The van der Waals surface area contributed by atoms with Crippen molar-refractivity contribution in [2.24, 2.45) is 0 Å². The smallest absolute Gasteiger partial charge is 0.253 e. The van der Waals surface area contributed by atoms with E-state index < -0.39 is 16.8 Å². The Morgan fingerprint density at radius 1 is 0.950 bits per heavy atom. The van der Waals surface area contributed by atoms with Crippen LogP contribution in [0.4, 0.5) is 4.39 Å². The average Bonchev–Trinajstić information content (AvgIpc) is 2.38. The first-order valence-electron chi connectivity index (χ1n) is 5.40. The van der Waals surface area contributed by atoms with Gasteiger partial charge in [0.2, 0.25) is 0 Å². The minimum Gasteiger partial charge on any atom is -0.288 e. The van der Waals surface area contributed by atoms with E-state index >= 15 is 0 Å². The maximum Gasteiger partial charge on any atom is 0.253 e. The van der Waals surface area contributed by atoms with Crippen LogP contribution < -0.4 is 0 Å². The van der Waals surface area contributed by atoms with Crippen LogP contribution in [-0.4, -0.2) is 11.0 Å². The molecule has 0 heterocycles. The Hall–Kier alpha value is -1.42. The van der Waals surface area contributed by atoms with Crippen LogP contribution in [0.15, 0.2) is 36.4 Å². The summed E-state index contributed by atoms with van der Waals surface area (Å²) in [6.45, 7) is 0. The van der Waals surface area contributed by atoms with E-state index in [1.54, 1.807) is 0 Å². The van der Waals surface area contributed by atoms with Crippen LogP contribution in [0.2, 0.25) is 10.0 Å². The molecule has 0 spiro atoms. The Morgan fingerprint density at radius 3 is 2.10 bits per heavy atom. The zero-order valence-electron chi connectivity index (χ0n) is 9.79. The number of rotatable bonds is 3. The van der Waals surface area contributed by atoms with Gasteiger partial charge in [-0.25, -0.2) is 4.39 Å². The Bertz CT molecular complexity index is 696. The molecule has 102 valence electrons. The maximum absolute atomic E-state index is 13.8. The number of ketones is 1. The molecule has 2 nitrogen and oxygen atoms in total. The van der Waals surface area contributed by atoms with Gasteiger partial charge in [0, 0.05) is 10.6 Å². The van der Waals surface area contributed by atoms with E-state index in [0.717, 1.165) is 12.1 Å². The van der Waals surface area contributed by atoms with Crippen LogP contribution in [0.5, 0.6) is 0 Å². The fraction of sp³-hybridized carbons (Fsp3) is 0. The van der Waals surface area contributed by atoms with E-state index in [0.29, 0.717) is 5.02 Å². The van der Waals surface area contributed by atoms with Crippen molar-refractivity contribution in [2.75, 3.05) is 0 Å². The minimum atomic E-state index is -0.861. The summed E-state index contributed by atoms with van der Waals surface area (Å²) in [6.07, 6.45) is 0. The predicted octanol–water partition coefficient (Wildman–Crippen LogP) is 4.74. The second-order valence-electron chi connectivity index (χ2n) is 3.89. The van der Waals surface area contributed by atoms with E-state index in [-0.39, 0.29) is 21.7 Å². The van der Waals surface area contributed by atoms with E-state index in [1.165, 1.54) is 24.3 Å². The Balaban J connectivity index is 2.57. The van der Waals surface area contributed by atoms with Gasteiger partial charge in [0.05, 0.1) is 16.1 Å². The van der Waals surface area contributed by atoms with Crippen molar-refractivity contribution in [1.82, 2.24) is 0 Å². The van der Waals surface area contributed by atoms with Gasteiger partial charge >= 0.3 is 0 Å². The summed E-state index contributed by atoms with van der Waals surface area (Å²) in [5.41, 5.74) is -0.304. The van der Waals surface area contributed by atoms with Gasteiger partial charge in [-0.1, -0.05) is 23.2 Å². The monoisotopic (exact) mass is 330 g/mol. The molecule has 0 aliphatic heterocycles. The summed E-state index contributed by atoms with van der Waals surface area (Å²) in [6, 6.07) is 7.98. The molecule has 0 aliphatic carbocycles. The first kappa shape index (κ1) is 15.0. The molecule has 0 saturated heterocycles. The van der Waals surface area contributed by atoms with Crippen LogP contribution in [-0.2, 0) is 0 Å². The van der Waals surface area contributed by atoms with Crippen molar-refractivity contribution in [3.63, 3.8) is 0 Å². The molecule has 0 saturated carbocycles. The van der Waals surface area contributed by atoms with Gasteiger partial charge in [-0.15, -0.1) is 0 Å². The largest absolute Gasteiger partial charge is 0.288 e. The number of hydrogen-bond donors (Lipinski definition) is 0. The van der Waals surface area contributed by atoms with E-state index in [1.807, 2.05) is 0 Å². The third-order valence-corrected chi connectivity index (χ3v) is 3.48. The molecule has 20 heavy (non-hydrogen) atoms. The van der Waals surface area contributed by atoms with Gasteiger partial charge < -0.3 is 0 Å². The summed E-state index contributed by atoms with van der Waals surface area (Å²) in [5.74, 6) is -1.47. The lowest BCUT2D eigenvalue weighted by Gasteiger charge is -2.08.